The fourth-order valence-electron chi connectivity index (χ4n) is 1.34. The van der Waals surface area contributed by atoms with Crippen molar-refractivity contribution in [2.75, 3.05) is 40.0 Å². The quantitative estimate of drug-likeness (QED) is 0.508. The van der Waals surface area contributed by atoms with Crippen molar-refractivity contribution in [3.05, 3.63) is 0 Å². The minimum atomic E-state index is 0.806. The van der Waals surface area contributed by atoms with E-state index >= 15 is 0 Å². The van der Waals surface area contributed by atoms with E-state index in [4.69, 9.17) is 9.47 Å². The Morgan fingerprint density at radius 3 is 2.40 bits per heavy atom. The fourth-order valence-corrected chi connectivity index (χ4v) is 1.34. The second-order valence-electron chi connectivity index (χ2n) is 3.77. The third-order valence-electron chi connectivity index (χ3n) is 2.21. The second kappa shape index (κ2) is 13.9. The molecule has 3 heteroatoms. The van der Waals surface area contributed by atoms with Crippen molar-refractivity contribution < 1.29 is 9.47 Å². The first-order valence-electron chi connectivity index (χ1n) is 6.19. The first-order valence-corrected chi connectivity index (χ1v) is 6.19. The second-order valence-corrected chi connectivity index (χ2v) is 3.77. The maximum Gasteiger partial charge on any atom is 0.0487 e. The Bertz CT molecular complexity index is 97.8. The normalized spacial score (nSPS) is 10.8. The minimum absolute atomic E-state index is 0.806. The van der Waals surface area contributed by atoms with E-state index < -0.39 is 0 Å². The topological polar surface area (TPSA) is 30.5 Å². The summed E-state index contributed by atoms with van der Waals surface area (Å²) >= 11 is 0. The molecule has 0 rings (SSSR count). The van der Waals surface area contributed by atoms with Crippen LogP contribution in [0.5, 0.6) is 0 Å². The molecule has 1 N–H and O–H groups in total. The lowest BCUT2D eigenvalue weighted by Crippen LogP contribution is -2.15. The van der Waals surface area contributed by atoms with E-state index in [2.05, 4.69) is 12.2 Å². The zero-order valence-electron chi connectivity index (χ0n) is 10.4. The van der Waals surface area contributed by atoms with Gasteiger partial charge in [-0.25, -0.2) is 0 Å². The number of rotatable bonds is 12. The highest BCUT2D eigenvalue weighted by atomic mass is 16.5. The summed E-state index contributed by atoms with van der Waals surface area (Å²) in [4.78, 5) is 0. The molecular weight excluding hydrogens is 190 g/mol. The highest BCUT2D eigenvalue weighted by Crippen LogP contribution is 1.95. The van der Waals surface area contributed by atoms with Crippen molar-refractivity contribution in [3.8, 4) is 0 Å². The van der Waals surface area contributed by atoms with Gasteiger partial charge in [-0.15, -0.1) is 0 Å². The molecule has 0 atom stereocenters. The Morgan fingerprint density at radius 1 is 0.867 bits per heavy atom. The lowest BCUT2D eigenvalue weighted by Gasteiger charge is -2.04. The van der Waals surface area contributed by atoms with Crippen LogP contribution in [0.15, 0.2) is 0 Å². The van der Waals surface area contributed by atoms with Gasteiger partial charge in [-0.2, -0.15) is 0 Å². The van der Waals surface area contributed by atoms with E-state index in [-0.39, 0.29) is 0 Å². The zero-order chi connectivity index (χ0) is 11.2. The van der Waals surface area contributed by atoms with Crippen LogP contribution in [0, 0.1) is 0 Å². The molecular formula is C12H27NO2. The van der Waals surface area contributed by atoms with Crippen LogP contribution in [0.25, 0.3) is 0 Å². The SMILES string of the molecule is CCCNCCCCCOCCCOC. The van der Waals surface area contributed by atoms with E-state index in [1.165, 1.54) is 25.7 Å². The zero-order valence-corrected chi connectivity index (χ0v) is 10.4. The van der Waals surface area contributed by atoms with Gasteiger partial charge in [-0.05, 0) is 45.2 Å². The van der Waals surface area contributed by atoms with Crippen LogP contribution in [0.3, 0.4) is 0 Å². The third kappa shape index (κ3) is 13.9. The molecule has 0 amide bonds. The smallest absolute Gasteiger partial charge is 0.0487 e. The van der Waals surface area contributed by atoms with Crippen molar-refractivity contribution in [2.24, 2.45) is 0 Å². The molecule has 92 valence electrons. The first-order chi connectivity index (χ1) is 7.41. The number of nitrogens with one attached hydrogen (secondary N) is 1. The Labute approximate surface area is 94.5 Å². The Kier molecular flexibility index (Phi) is 13.8. The van der Waals surface area contributed by atoms with E-state index in [0.717, 1.165) is 39.3 Å². The van der Waals surface area contributed by atoms with E-state index in [1.54, 1.807) is 7.11 Å². The minimum Gasteiger partial charge on any atom is -0.385 e. The lowest BCUT2D eigenvalue weighted by atomic mass is 10.2. The van der Waals surface area contributed by atoms with E-state index in [9.17, 15) is 0 Å². The number of hydrogen-bond acceptors (Lipinski definition) is 3. The Balaban J connectivity index is 2.81. The monoisotopic (exact) mass is 217 g/mol. The molecule has 0 aliphatic heterocycles. The summed E-state index contributed by atoms with van der Waals surface area (Å²) in [7, 11) is 1.73. The first kappa shape index (κ1) is 14.9. The van der Waals surface area contributed by atoms with Gasteiger partial charge in [0.1, 0.15) is 0 Å². The van der Waals surface area contributed by atoms with Crippen LogP contribution in [0.2, 0.25) is 0 Å². The summed E-state index contributed by atoms with van der Waals surface area (Å²) in [5.74, 6) is 0. The molecule has 0 bridgehead atoms. The molecule has 0 radical (unpaired) electrons. The number of unbranched alkanes of at least 4 members (excludes halogenated alkanes) is 2. The van der Waals surface area contributed by atoms with Crippen LogP contribution in [-0.2, 0) is 9.47 Å². The van der Waals surface area contributed by atoms with Crippen LogP contribution in [0.1, 0.15) is 39.0 Å². The van der Waals surface area contributed by atoms with Crippen LogP contribution in [0.4, 0.5) is 0 Å². The molecule has 0 unspecified atom stereocenters. The van der Waals surface area contributed by atoms with Gasteiger partial charge in [0.2, 0.25) is 0 Å². The maximum atomic E-state index is 5.46. The van der Waals surface area contributed by atoms with E-state index in [1.807, 2.05) is 0 Å². The summed E-state index contributed by atoms with van der Waals surface area (Å²) in [6.07, 6.45) is 5.94. The van der Waals surface area contributed by atoms with Gasteiger partial charge in [0.15, 0.2) is 0 Å². The van der Waals surface area contributed by atoms with Crippen LogP contribution >= 0.6 is 0 Å². The van der Waals surface area contributed by atoms with Crippen LogP contribution in [-0.4, -0.2) is 40.0 Å². The fraction of sp³-hybridized carbons (Fsp3) is 1.00. The predicted molar refractivity (Wildman–Crippen MR) is 64.3 cm³/mol. The predicted octanol–water partition coefficient (Wildman–Crippen LogP) is 2.21. The summed E-state index contributed by atoms with van der Waals surface area (Å²) < 4.78 is 10.4. The molecule has 0 spiro atoms. The molecule has 0 aliphatic rings. The van der Waals surface area contributed by atoms with Gasteiger partial charge in [0.05, 0.1) is 0 Å². The summed E-state index contributed by atoms with van der Waals surface area (Å²) in [5, 5.41) is 3.40. The molecule has 3 nitrogen and oxygen atoms in total. The third-order valence-corrected chi connectivity index (χ3v) is 2.21. The average molecular weight is 217 g/mol. The van der Waals surface area contributed by atoms with E-state index in [0.29, 0.717) is 0 Å². The van der Waals surface area contributed by atoms with Gasteiger partial charge in [-0.1, -0.05) is 6.92 Å². The van der Waals surface area contributed by atoms with Crippen molar-refractivity contribution in [2.45, 2.75) is 39.0 Å². The number of ether oxygens (including phenoxy) is 2. The number of methoxy groups -OCH3 is 1. The van der Waals surface area contributed by atoms with Crippen molar-refractivity contribution in [1.29, 1.82) is 0 Å². The van der Waals surface area contributed by atoms with Gasteiger partial charge in [0, 0.05) is 26.9 Å². The highest BCUT2D eigenvalue weighted by molar-refractivity contribution is 4.47. The Hall–Kier alpha value is -0.120. The summed E-state index contributed by atoms with van der Waals surface area (Å²) in [6, 6.07) is 0. The standard InChI is InChI=1S/C12H27NO2/c1-3-8-13-9-5-4-6-11-15-12-7-10-14-2/h13H,3-12H2,1-2H3. The molecule has 15 heavy (non-hydrogen) atoms. The van der Waals surface area contributed by atoms with Crippen molar-refractivity contribution >= 4 is 0 Å². The van der Waals surface area contributed by atoms with Gasteiger partial charge in [0.25, 0.3) is 0 Å². The molecule has 0 saturated heterocycles. The van der Waals surface area contributed by atoms with Crippen molar-refractivity contribution in [3.63, 3.8) is 0 Å². The average Bonchev–Trinajstić information content (AvgIpc) is 2.26. The summed E-state index contributed by atoms with van der Waals surface area (Å²) in [6.45, 7) is 7.03. The number of hydrogen-bond donors (Lipinski definition) is 1. The molecule has 0 aromatic heterocycles. The molecule has 0 fully saturated rings. The summed E-state index contributed by atoms with van der Waals surface area (Å²) in [5.41, 5.74) is 0. The molecule has 0 aromatic carbocycles. The van der Waals surface area contributed by atoms with Gasteiger partial charge < -0.3 is 14.8 Å². The van der Waals surface area contributed by atoms with Crippen LogP contribution < -0.4 is 5.32 Å². The highest BCUT2D eigenvalue weighted by Gasteiger charge is 1.91. The van der Waals surface area contributed by atoms with Crippen molar-refractivity contribution in [1.82, 2.24) is 5.32 Å². The largest absolute Gasteiger partial charge is 0.385 e. The molecule has 0 saturated carbocycles. The maximum absolute atomic E-state index is 5.46. The lowest BCUT2D eigenvalue weighted by molar-refractivity contribution is 0.100. The Morgan fingerprint density at radius 2 is 1.67 bits per heavy atom. The van der Waals surface area contributed by atoms with Gasteiger partial charge in [-0.3, -0.25) is 0 Å². The molecule has 0 aliphatic carbocycles. The molecule has 0 aromatic rings. The molecule has 0 heterocycles. The van der Waals surface area contributed by atoms with Gasteiger partial charge >= 0.3 is 0 Å².